The van der Waals surface area contributed by atoms with Gasteiger partial charge in [-0.2, -0.15) is 0 Å². The van der Waals surface area contributed by atoms with Crippen molar-refractivity contribution in [1.29, 1.82) is 0 Å². The molecule has 1 heterocycles. The lowest BCUT2D eigenvalue weighted by Gasteiger charge is -2.13. The Morgan fingerprint density at radius 3 is 2.44 bits per heavy atom. The summed E-state index contributed by atoms with van der Waals surface area (Å²) in [5, 5.41) is 11.8. The van der Waals surface area contributed by atoms with Crippen molar-refractivity contribution in [2.24, 2.45) is 0 Å². The van der Waals surface area contributed by atoms with Gasteiger partial charge in [-0.15, -0.1) is 0 Å². The van der Waals surface area contributed by atoms with Crippen LogP contribution in [0.4, 0.5) is 5.69 Å². The lowest BCUT2D eigenvalue weighted by molar-refractivity contribution is -0.140. The number of ether oxygens (including phenoxy) is 1. The maximum Gasteiger partial charge on any atom is 0.323 e. The molecular formula is C22H19BrN2O5S2. The van der Waals surface area contributed by atoms with Gasteiger partial charge in [0, 0.05) is 10.2 Å². The monoisotopic (exact) mass is 534 g/mol. The van der Waals surface area contributed by atoms with Crippen LogP contribution >= 0.6 is 39.9 Å². The fraction of sp³-hybridized carbons (Fsp3) is 0.182. The normalized spacial score (nSPS) is 14.7. The molecule has 0 atom stereocenters. The first kappa shape index (κ1) is 24.0. The summed E-state index contributed by atoms with van der Waals surface area (Å²) in [5.41, 5.74) is 3.38. The van der Waals surface area contributed by atoms with Gasteiger partial charge in [0.05, 0.1) is 4.91 Å². The Balaban J connectivity index is 1.59. The largest absolute Gasteiger partial charge is 0.484 e. The van der Waals surface area contributed by atoms with Crippen molar-refractivity contribution in [1.82, 2.24) is 4.90 Å². The second kappa shape index (κ2) is 10.3. The molecule has 2 aromatic rings. The molecule has 0 aromatic heterocycles. The maximum absolute atomic E-state index is 12.3. The zero-order valence-corrected chi connectivity index (χ0v) is 20.4. The van der Waals surface area contributed by atoms with Gasteiger partial charge in [0.2, 0.25) is 0 Å². The summed E-state index contributed by atoms with van der Waals surface area (Å²) in [6, 6.07) is 10.7. The first-order valence-electron chi connectivity index (χ1n) is 9.40. The van der Waals surface area contributed by atoms with E-state index in [0.717, 1.165) is 43.5 Å². The zero-order valence-electron chi connectivity index (χ0n) is 17.2. The van der Waals surface area contributed by atoms with Crippen molar-refractivity contribution in [3.8, 4) is 5.75 Å². The van der Waals surface area contributed by atoms with Crippen LogP contribution in [0.3, 0.4) is 0 Å². The number of rotatable bonds is 7. The molecule has 166 valence electrons. The van der Waals surface area contributed by atoms with Gasteiger partial charge in [-0.1, -0.05) is 52.0 Å². The molecule has 0 bridgehead atoms. The third kappa shape index (κ3) is 5.96. The first-order valence-corrected chi connectivity index (χ1v) is 11.4. The van der Waals surface area contributed by atoms with E-state index in [4.69, 9.17) is 22.1 Å². The van der Waals surface area contributed by atoms with Crippen LogP contribution in [-0.4, -0.2) is 45.3 Å². The summed E-state index contributed by atoms with van der Waals surface area (Å²) >= 11 is 9.57. The predicted octanol–water partition coefficient (Wildman–Crippen LogP) is 4.37. The smallest absolute Gasteiger partial charge is 0.323 e. The molecule has 2 aromatic carbocycles. The van der Waals surface area contributed by atoms with E-state index in [2.05, 4.69) is 21.2 Å². The van der Waals surface area contributed by atoms with E-state index < -0.39 is 18.4 Å². The Morgan fingerprint density at radius 1 is 1.22 bits per heavy atom. The third-order valence-electron chi connectivity index (χ3n) is 4.48. The molecule has 32 heavy (non-hydrogen) atoms. The number of carboxylic acid groups (broad SMARTS) is 1. The summed E-state index contributed by atoms with van der Waals surface area (Å²) in [6.07, 6.45) is 1.64. The van der Waals surface area contributed by atoms with Gasteiger partial charge in [-0.25, -0.2) is 0 Å². The zero-order chi connectivity index (χ0) is 23.4. The molecule has 0 radical (unpaired) electrons. The maximum atomic E-state index is 12.3. The molecule has 1 fully saturated rings. The quantitative estimate of drug-likeness (QED) is 0.402. The Hall–Kier alpha value is -2.69. The number of hydrogen-bond donors (Lipinski definition) is 2. The standard InChI is InChI=1S/C22H19BrN2O5S2/c1-12-7-15(23)8-13(2)20(12)24-18(26)11-30-16-5-3-14(4-6-16)9-17-21(29)25(10-19(27)28)22(31)32-17/h3-9H,10-11H2,1-2H3,(H,24,26)(H,27,28). The average molecular weight is 535 g/mol. The van der Waals surface area contributed by atoms with Gasteiger partial charge in [-0.05, 0) is 60.9 Å². The molecule has 10 heteroatoms. The number of anilines is 1. The van der Waals surface area contributed by atoms with E-state index in [9.17, 15) is 14.4 Å². The minimum Gasteiger partial charge on any atom is -0.484 e. The van der Waals surface area contributed by atoms with E-state index in [1.807, 2.05) is 26.0 Å². The summed E-state index contributed by atoms with van der Waals surface area (Å²) in [6.45, 7) is 3.23. The number of nitrogens with one attached hydrogen (secondary N) is 1. The minimum atomic E-state index is -1.13. The van der Waals surface area contributed by atoms with Crippen LogP contribution < -0.4 is 10.1 Å². The van der Waals surface area contributed by atoms with Crippen LogP contribution in [0.1, 0.15) is 16.7 Å². The van der Waals surface area contributed by atoms with E-state index in [0.29, 0.717) is 10.7 Å². The number of carbonyl (C=O) groups excluding carboxylic acids is 2. The van der Waals surface area contributed by atoms with Gasteiger partial charge >= 0.3 is 5.97 Å². The molecule has 0 unspecified atom stereocenters. The van der Waals surface area contributed by atoms with Crippen molar-refractivity contribution in [3.05, 3.63) is 62.5 Å². The summed E-state index contributed by atoms with van der Waals surface area (Å²) in [7, 11) is 0. The van der Waals surface area contributed by atoms with Crippen molar-refractivity contribution in [2.45, 2.75) is 13.8 Å². The summed E-state index contributed by atoms with van der Waals surface area (Å²) in [4.78, 5) is 36.9. The van der Waals surface area contributed by atoms with Crippen LogP contribution in [0, 0.1) is 13.8 Å². The molecule has 0 aliphatic carbocycles. The molecule has 0 saturated carbocycles. The number of carbonyl (C=O) groups is 3. The number of nitrogens with zero attached hydrogens (tertiary/aromatic N) is 1. The lowest BCUT2D eigenvalue weighted by atomic mass is 10.1. The first-order chi connectivity index (χ1) is 15.1. The molecule has 3 rings (SSSR count). The van der Waals surface area contributed by atoms with Crippen molar-refractivity contribution >= 4 is 73.8 Å². The van der Waals surface area contributed by atoms with Crippen LogP contribution in [0.25, 0.3) is 6.08 Å². The van der Waals surface area contributed by atoms with Gasteiger partial charge in [0.15, 0.2) is 6.61 Å². The SMILES string of the molecule is Cc1cc(Br)cc(C)c1NC(=O)COc1ccc(C=C2SC(=S)N(CC(=O)O)C2=O)cc1. The number of thioether (sulfide) groups is 1. The van der Waals surface area contributed by atoms with Gasteiger partial charge < -0.3 is 15.2 Å². The Kier molecular flexibility index (Phi) is 7.70. The molecular weight excluding hydrogens is 516 g/mol. The molecule has 2 amide bonds. The van der Waals surface area contributed by atoms with Crippen molar-refractivity contribution in [2.75, 3.05) is 18.5 Å². The topological polar surface area (TPSA) is 95.9 Å². The molecule has 1 saturated heterocycles. The second-order valence-corrected chi connectivity index (χ2v) is 9.57. The summed E-state index contributed by atoms with van der Waals surface area (Å²) in [5.74, 6) is -1.33. The fourth-order valence-corrected chi connectivity index (χ4v) is 4.96. The highest BCUT2D eigenvalue weighted by molar-refractivity contribution is 9.10. The number of amides is 2. The van der Waals surface area contributed by atoms with Crippen LogP contribution in [0.5, 0.6) is 5.75 Å². The van der Waals surface area contributed by atoms with E-state index in [1.165, 1.54) is 0 Å². The van der Waals surface area contributed by atoms with Crippen LogP contribution in [0.2, 0.25) is 0 Å². The number of benzene rings is 2. The number of carboxylic acids is 1. The number of hydrogen-bond acceptors (Lipinski definition) is 6. The number of halogens is 1. The number of aliphatic carboxylic acids is 1. The predicted molar refractivity (Wildman–Crippen MR) is 132 cm³/mol. The van der Waals surface area contributed by atoms with E-state index >= 15 is 0 Å². The molecule has 2 N–H and O–H groups in total. The molecule has 1 aliphatic rings. The second-order valence-electron chi connectivity index (χ2n) is 6.98. The number of thiocarbonyl (C=S) groups is 1. The molecule has 0 spiro atoms. The Morgan fingerprint density at radius 2 is 1.84 bits per heavy atom. The Labute approximate surface area is 202 Å². The molecule has 7 nitrogen and oxygen atoms in total. The highest BCUT2D eigenvalue weighted by Gasteiger charge is 2.33. The van der Waals surface area contributed by atoms with E-state index in [-0.39, 0.29) is 16.8 Å². The number of aryl methyl sites for hydroxylation is 2. The van der Waals surface area contributed by atoms with Gasteiger partial charge in [0.25, 0.3) is 11.8 Å². The molecule has 1 aliphatic heterocycles. The van der Waals surface area contributed by atoms with E-state index in [1.54, 1.807) is 30.3 Å². The van der Waals surface area contributed by atoms with Crippen LogP contribution in [0.15, 0.2) is 45.8 Å². The lowest BCUT2D eigenvalue weighted by Crippen LogP contribution is -2.33. The fourth-order valence-electron chi connectivity index (χ4n) is 3.02. The van der Waals surface area contributed by atoms with Crippen molar-refractivity contribution < 1.29 is 24.2 Å². The Bertz CT molecular complexity index is 1110. The van der Waals surface area contributed by atoms with Crippen molar-refractivity contribution in [3.63, 3.8) is 0 Å². The third-order valence-corrected chi connectivity index (χ3v) is 6.31. The summed E-state index contributed by atoms with van der Waals surface area (Å²) < 4.78 is 6.72. The highest BCUT2D eigenvalue weighted by atomic mass is 79.9. The average Bonchev–Trinajstić information content (AvgIpc) is 2.97. The minimum absolute atomic E-state index is 0.151. The van der Waals surface area contributed by atoms with Gasteiger partial charge in [-0.3, -0.25) is 19.3 Å². The highest BCUT2D eigenvalue weighted by Crippen LogP contribution is 2.32. The van der Waals surface area contributed by atoms with Gasteiger partial charge in [0.1, 0.15) is 16.6 Å². The van der Waals surface area contributed by atoms with Crippen LogP contribution in [-0.2, 0) is 14.4 Å².